The van der Waals surface area contributed by atoms with Gasteiger partial charge < -0.3 is 14.6 Å². The van der Waals surface area contributed by atoms with Crippen molar-refractivity contribution in [1.29, 1.82) is 0 Å². The molecule has 0 aliphatic carbocycles. The molecule has 3 nitrogen and oxygen atoms in total. The summed E-state index contributed by atoms with van der Waals surface area (Å²) in [7, 11) is 0. The van der Waals surface area contributed by atoms with Crippen molar-refractivity contribution in [3.8, 4) is 5.75 Å². The van der Waals surface area contributed by atoms with E-state index in [1.807, 2.05) is 26.8 Å². The van der Waals surface area contributed by atoms with Gasteiger partial charge in [0.2, 0.25) is 0 Å². The molecule has 0 radical (unpaired) electrons. The van der Waals surface area contributed by atoms with Gasteiger partial charge in [-0.3, -0.25) is 0 Å². The average Bonchev–Trinajstić information content (AvgIpc) is 2.42. The predicted octanol–water partition coefficient (Wildman–Crippen LogP) is 2.39. The maximum absolute atomic E-state index is 9.41. The van der Waals surface area contributed by atoms with E-state index in [-0.39, 0.29) is 18.0 Å². The molecule has 82 valence electrons. The van der Waals surface area contributed by atoms with Gasteiger partial charge in [-0.05, 0) is 32.9 Å². The number of phenolic OH excluding ortho intramolecular Hbond substituents is 1. The molecule has 1 aromatic rings. The molecule has 0 saturated carbocycles. The summed E-state index contributed by atoms with van der Waals surface area (Å²) >= 11 is 0. The van der Waals surface area contributed by atoms with Gasteiger partial charge >= 0.3 is 0 Å². The maximum atomic E-state index is 9.41. The van der Waals surface area contributed by atoms with Crippen LogP contribution in [-0.4, -0.2) is 17.3 Å². The summed E-state index contributed by atoms with van der Waals surface area (Å²) in [6, 6.07) is 6.99. The first kappa shape index (κ1) is 10.5. The van der Waals surface area contributed by atoms with Gasteiger partial charge in [0, 0.05) is 5.56 Å². The second-order valence-electron chi connectivity index (χ2n) is 4.14. The van der Waals surface area contributed by atoms with E-state index >= 15 is 0 Å². The molecule has 1 N–H and O–H groups in total. The Morgan fingerprint density at radius 3 is 2.33 bits per heavy atom. The average molecular weight is 208 g/mol. The lowest BCUT2D eigenvalue weighted by atomic mass is 10.1. The molecule has 1 aromatic carbocycles. The molecule has 0 amide bonds. The molecule has 0 unspecified atom stereocenters. The van der Waals surface area contributed by atoms with Gasteiger partial charge in [0.1, 0.15) is 5.75 Å². The minimum Gasteiger partial charge on any atom is -0.508 e. The van der Waals surface area contributed by atoms with E-state index < -0.39 is 5.79 Å². The van der Waals surface area contributed by atoms with Crippen molar-refractivity contribution >= 4 is 0 Å². The van der Waals surface area contributed by atoms with Gasteiger partial charge in [-0.2, -0.15) is 0 Å². The van der Waals surface area contributed by atoms with E-state index in [9.17, 15) is 5.11 Å². The topological polar surface area (TPSA) is 38.7 Å². The smallest absolute Gasteiger partial charge is 0.192 e. The van der Waals surface area contributed by atoms with Crippen LogP contribution in [0.5, 0.6) is 5.75 Å². The van der Waals surface area contributed by atoms with Crippen molar-refractivity contribution in [2.75, 3.05) is 0 Å². The number of benzene rings is 1. The van der Waals surface area contributed by atoms with Crippen molar-refractivity contribution in [2.24, 2.45) is 0 Å². The van der Waals surface area contributed by atoms with Crippen LogP contribution in [0.4, 0.5) is 0 Å². The summed E-state index contributed by atoms with van der Waals surface area (Å²) in [6.07, 6.45) is 0.134. The minimum absolute atomic E-state index is 0.0670. The maximum Gasteiger partial charge on any atom is 0.192 e. The molecule has 1 aliphatic heterocycles. The molecule has 0 aromatic heterocycles. The molecule has 1 heterocycles. The highest BCUT2D eigenvalue weighted by Crippen LogP contribution is 2.37. The molecule has 1 aliphatic rings. The van der Waals surface area contributed by atoms with Crippen LogP contribution in [-0.2, 0) is 15.3 Å². The van der Waals surface area contributed by atoms with Crippen LogP contribution < -0.4 is 0 Å². The first-order valence-electron chi connectivity index (χ1n) is 5.16. The molecule has 1 fully saturated rings. The summed E-state index contributed by atoms with van der Waals surface area (Å²) in [4.78, 5) is 0. The quantitative estimate of drug-likeness (QED) is 0.770. The highest BCUT2D eigenvalue weighted by atomic mass is 16.8. The Hall–Kier alpha value is -1.06. The molecular formula is C12H16O3. The molecule has 0 bridgehead atoms. The fourth-order valence-electron chi connectivity index (χ4n) is 1.85. The minimum atomic E-state index is -0.739. The first-order chi connectivity index (χ1) is 7.01. The lowest BCUT2D eigenvalue weighted by molar-refractivity contribution is -0.167. The van der Waals surface area contributed by atoms with Crippen LogP contribution in [0, 0.1) is 0 Å². The molecule has 2 atom stereocenters. The molecule has 3 heteroatoms. The summed E-state index contributed by atoms with van der Waals surface area (Å²) < 4.78 is 11.5. The van der Waals surface area contributed by atoms with E-state index in [0.29, 0.717) is 0 Å². The fourth-order valence-corrected chi connectivity index (χ4v) is 1.85. The zero-order valence-electron chi connectivity index (χ0n) is 9.23. The number of aromatic hydroxyl groups is 1. The molecular weight excluding hydrogens is 192 g/mol. The van der Waals surface area contributed by atoms with E-state index in [2.05, 4.69) is 0 Å². The van der Waals surface area contributed by atoms with E-state index in [0.717, 1.165) is 5.56 Å². The predicted molar refractivity (Wildman–Crippen MR) is 56.6 cm³/mol. The van der Waals surface area contributed by atoms with Gasteiger partial charge in [-0.15, -0.1) is 0 Å². The zero-order chi connectivity index (χ0) is 11.1. The summed E-state index contributed by atoms with van der Waals surface area (Å²) in [6.45, 7) is 5.85. The van der Waals surface area contributed by atoms with Gasteiger partial charge in [-0.1, -0.05) is 12.1 Å². The Morgan fingerprint density at radius 2 is 1.80 bits per heavy atom. The second kappa shape index (κ2) is 3.51. The SMILES string of the molecule is C[C@H]1OC(C)(c2cccc(O)c2)O[C@@H]1C. The Morgan fingerprint density at radius 1 is 1.20 bits per heavy atom. The first-order valence-corrected chi connectivity index (χ1v) is 5.16. The lowest BCUT2D eigenvalue weighted by Gasteiger charge is -2.23. The third-order valence-corrected chi connectivity index (χ3v) is 2.85. The number of ether oxygens (including phenoxy) is 2. The van der Waals surface area contributed by atoms with Crippen LogP contribution in [0.2, 0.25) is 0 Å². The Labute approximate surface area is 89.6 Å². The third kappa shape index (κ3) is 1.85. The van der Waals surface area contributed by atoms with Crippen molar-refractivity contribution < 1.29 is 14.6 Å². The standard InChI is InChI=1S/C12H16O3/c1-8-9(2)15-12(3,14-8)10-5-4-6-11(13)7-10/h4-9,13H,1-3H3/t8-,9-/m1/s1. The Bertz CT molecular complexity index is 352. The number of hydrogen-bond donors (Lipinski definition) is 1. The summed E-state index contributed by atoms with van der Waals surface area (Å²) in [5.74, 6) is -0.509. The normalized spacial score (nSPS) is 29.3. The lowest BCUT2D eigenvalue weighted by Crippen LogP contribution is -2.23. The van der Waals surface area contributed by atoms with E-state index in [1.54, 1.807) is 18.2 Å². The second-order valence-corrected chi connectivity index (χ2v) is 4.14. The Kier molecular flexibility index (Phi) is 2.44. The molecule has 0 spiro atoms. The van der Waals surface area contributed by atoms with Gasteiger partial charge in [0.25, 0.3) is 0 Å². The van der Waals surface area contributed by atoms with Crippen LogP contribution >= 0.6 is 0 Å². The molecule has 1 saturated heterocycles. The van der Waals surface area contributed by atoms with Gasteiger partial charge in [0.15, 0.2) is 5.79 Å². The van der Waals surface area contributed by atoms with Crippen LogP contribution in [0.15, 0.2) is 24.3 Å². The fraction of sp³-hybridized carbons (Fsp3) is 0.500. The Balaban J connectivity index is 2.31. The van der Waals surface area contributed by atoms with E-state index in [1.165, 1.54) is 0 Å². The van der Waals surface area contributed by atoms with Crippen molar-refractivity contribution in [3.63, 3.8) is 0 Å². The number of rotatable bonds is 1. The highest BCUT2D eigenvalue weighted by molar-refractivity contribution is 5.30. The van der Waals surface area contributed by atoms with Crippen LogP contribution in [0.25, 0.3) is 0 Å². The van der Waals surface area contributed by atoms with Gasteiger partial charge in [-0.25, -0.2) is 0 Å². The van der Waals surface area contributed by atoms with Crippen molar-refractivity contribution in [1.82, 2.24) is 0 Å². The molecule has 2 rings (SSSR count). The third-order valence-electron chi connectivity index (χ3n) is 2.85. The number of phenols is 1. The van der Waals surface area contributed by atoms with Crippen molar-refractivity contribution in [2.45, 2.75) is 38.8 Å². The molecule has 15 heavy (non-hydrogen) atoms. The highest BCUT2D eigenvalue weighted by Gasteiger charge is 2.41. The van der Waals surface area contributed by atoms with Crippen LogP contribution in [0.3, 0.4) is 0 Å². The largest absolute Gasteiger partial charge is 0.508 e. The summed E-state index contributed by atoms with van der Waals surface area (Å²) in [5, 5.41) is 9.41. The van der Waals surface area contributed by atoms with Gasteiger partial charge in [0.05, 0.1) is 12.2 Å². The van der Waals surface area contributed by atoms with E-state index in [4.69, 9.17) is 9.47 Å². The van der Waals surface area contributed by atoms with Crippen molar-refractivity contribution in [3.05, 3.63) is 29.8 Å². The zero-order valence-corrected chi connectivity index (χ0v) is 9.23. The van der Waals surface area contributed by atoms with Crippen LogP contribution in [0.1, 0.15) is 26.3 Å². The monoisotopic (exact) mass is 208 g/mol. The number of hydrogen-bond acceptors (Lipinski definition) is 3. The summed E-state index contributed by atoms with van der Waals surface area (Å²) in [5.41, 5.74) is 0.846.